The predicted molar refractivity (Wildman–Crippen MR) is 75.2 cm³/mol. The molecule has 1 N–H and O–H groups in total. The SMILES string of the molecule is COc1ccc(Cl)c(NC(=O)c2cnccc2Cl)c1. The van der Waals surface area contributed by atoms with Crippen molar-refractivity contribution >= 4 is 34.8 Å². The second-order valence-electron chi connectivity index (χ2n) is 3.66. The number of anilines is 1. The fourth-order valence-electron chi connectivity index (χ4n) is 1.46. The lowest BCUT2D eigenvalue weighted by Crippen LogP contribution is -2.13. The van der Waals surface area contributed by atoms with E-state index in [0.717, 1.165) is 0 Å². The molecule has 0 saturated carbocycles. The van der Waals surface area contributed by atoms with Gasteiger partial charge < -0.3 is 10.1 Å². The van der Waals surface area contributed by atoms with Gasteiger partial charge in [0.15, 0.2) is 0 Å². The van der Waals surface area contributed by atoms with E-state index in [2.05, 4.69) is 10.3 Å². The summed E-state index contributed by atoms with van der Waals surface area (Å²) >= 11 is 11.9. The van der Waals surface area contributed by atoms with Gasteiger partial charge in [-0.1, -0.05) is 23.2 Å². The van der Waals surface area contributed by atoms with Crippen LogP contribution in [-0.4, -0.2) is 18.0 Å². The Labute approximate surface area is 120 Å². The highest BCUT2D eigenvalue weighted by Crippen LogP contribution is 2.27. The van der Waals surface area contributed by atoms with E-state index in [1.165, 1.54) is 19.5 Å². The Morgan fingerprint density at radius 3 is 2.74 bits per heavy atom. The Hall–Kier alpha value is -1.78. The van der Waals surface area contributed by atoms with Crippen LogP contribution in [0.25, 0.3) is 0 Å². The summed E-state index contributed by atoms with van der Waals surface area (Å²) in [5.41, 5.74) is 0.731. The van der Waals surface area contributed by atoms with Gasteiger partial charge in [-0.2, -0.15) is 0 Å². The van der Waals surface area contributed by atoms with Crippen LogP contribution in [0.1, 0.15) is 10.4 Å². The van der Waals surface area contributed by atoms with Gasteiger partial charge in [0.25, 0.3) is 5.91 Å². The molecule has 2 aromatic rings. The third-order valence-corrected chi connectivity index (χ3v) is 3.09. The molecule has 2 rings (SSSR count). The molecule has 0 radical (unpaired) electrons. The number of carbonyl (C=O) groups is 1. The van der Waals surface area contributed by atoms with Crippen LogP contribution in [0.4, 0.5) is 5.69 Å². The first-order chi connectivity index (χ1) is 9.11. The quantitative estimate of drug-likeness (QED) is 0.940. The van der Waals surface area contributed by atoms with Crippen LogP contribution in [-0.2, 0) is 0 Å². The van der Waals surface area contributed by atoms with Crippen LogP contribution >= 0.6 is 23.2 Å². The van der Waals surface area contributed by atoms with Crippen molar-refractivity contribution < 1.29 is 9.53 Å². The molecule has 98 valence electrons. The second kappa shape index (κ2) is 5.91. The van der Waals surface area contributed by atoms with E-state index >= 15 is 0 Å². The molecule has 6 heteroatoms. The largest absolute Gasteiger partial charge is 0.497 e. The smallest absolute Gasteiger partial charge is 0.258 e. The third-order valence-electron chi connectivity index (χ3n) is 2.43. The normalized spacial score (nSPS) is 10.1. The summed E-state index contributed by atoms with van der Waals surface area (Å²) in [7, 11) is 1.53. The number of halogens is 2. The first-order valence-electron chi connectivity index (χ1n) is 5.36. The maximum absolute atomic E-state index is 12.1. The van der Waals surface area contributed by atoms with Crippen molar-refractivity contribution in [3.8, 4) is 5.75 Å². The Bertz CT molecular complexity index is 617. The molecule has 0 fully saturated rings. The van der Waals surface area contributed by atoms with Crippen LogP contribution in [0.3, 0.4) is 0 Å². The maximum Gasteiger partial charge on any atom is 0.258 e. The van der Waals surface area contributed by atoms with Crippen molar-refractivity contribution in [1.82, 2.24) is 4.98 Å². The molecule has 0 saturated heterocycles. The van der Waals surface area contributed by atoms with Crippen molar-refractivity contribution in [3.05, 3.63) is 52.3 Å². The van der Waals surface area contributed by atoms with Gasteiger partial charge in [0.1, 0.15) is 5.75 Å². The molecule has 1 aromatic carbocycles. The van der Waals surface area contributed by atoms with E-state index < -0.39 is 0 Å². The lowest BCUT2D eigenvalue weighted by molar-refractivity contribution is 0.102. The summed E-state index contributed by atoms with van der Waals surface area (Å²) < 4.78 is 5.07. The van der Waals surface area contributed by atoms with Crippen molar-refractivity contribution in [2.45, 2.75) is 0 Å². The Morgan fingerprint density at radius 2 is 2.05 bits per heavy atom. The molecule has 0 atom stereocenters. The van der Waals surface area contributed by atoms with Crippen LogP contribution < -0.4 is 10.1 Å². The number of methoxy groups -OCH3 is 1. The monoisotopic (exact) mass is 296 g/mol. The number of hydrogen-bond donors (Lipinski definition) is 1. The zero-order valence-electron chi connectivity index (χ0n) is 9.98. The van der Waals surface area contributed by atoms with Crippen molar-refractivity contribution in [3.63, 3.8) is 0 Å². The minimum Gasteiger partial charge on any atom is -0.497 e. The summed E-state index contributed by atoms with van der Waals surface area (Å²) in [5, 5.41) is 3.40. The summed E-state index contributed by atoms with van der Waals surface area (Å²) in [6.45, 7) is 0. The molecule has 19 heavy (non-hydrogen) atoms. The molecule has 0 aliphatic heterocycles. The third kappa shape index (κ3) is 3.16. The number of amides is 1. The van der Waals surface area contributed by atoms with E-state index in [1.807, 2.05) is 0 Å². The zero-order chi connectivity index (χ0) is 13.8. The van der Waals surface area contributed by atoms with E-state index in [9.17, 15) is 4.79 Å². The van der Waals surface area contributed by atoms with Gasteiger partial charge in [-0.25, -0.2) is 0 Å². The summed E-state index contributed by atoms with van der Waals surface area (Å²) in [5.74, 6) is 0.213. The molecular formula is C13H10Cl2N2O2. The highest BCUT2D eigenvalue weighted by Gasteiger charge is 2.12. The zero-order valence-corrected chi connectivity index (χ0v) is 11.5. The summed E-state index contributed by atoms with van der Waals surface area (Å²) in [4.78, 5) is 15.9. The fourth-order valence-corrected chi connectivity index (χ4v) is 1.82. The average molecular weight is 297 g/mol. The van der Waals surface area contributed by atoms with Gasteiger partial charge >= 0.3 is 0 Å². The van der Waals surface area contributed by atoms with Crippen molar-refractivity contribution in [2.24, 2.45) is 0 Å². The van der Waals surface area contributed by atoms with Gasteiger partial charge in [-0.3, -0.25) is 9.78 Å². The standard InChI is InChI=1S/C13H10Cl2N2O2/c1-19-8-2-3-11(15)12(6-8)17-13(18)9-7-16-5-4-10(9)14/h2-7H,1H3,(H,17,18). The number of hydrogen-bond acceptors (Lipinski definition) is 3. The Kier molecular flexibility index (Phi) is 4.24. The van der Waals surface area contributed by atoms with E-state index in [4.69, 9.17) is 27.9 Å². The molecule has 0 aliphatic carbocycles. The lowest BCUT2D eigenvalue weighted by atomic mass is 10.2. The summed E-state index contributed by atoms with van der Waals surface area (Å²) in [6.07, 6.45) is 2.91. The van der Waals surface area contributed by atoms with Crippen molar-refractivity contribution in [2.75, 3.05) is 12.4 Å². The average Bonchev–Trinajstić information content (AvgIpc) is 2.41. The first-order valence-corrected chi connectivity index (χ1v) is 6.12. The molecule has 1 amide bonds. The molecule has 1 heterocycles. The molecule has 1 aromatic heterocycles. The molecule has 0 unspecified atom stereocenters. The number of aromatic nitrogens is 1. The number of benzene rings is 1. The Morgan fingerprint density at radius 1 is 1.26 bits per heavy atom. The predicted octanol–water partition coefficient (Wildman–Crippen LogP) is 3.65. The van der Waals surface area contributed by atoms with Gasteiger partial charge in [-0.05, 0) is 18.2 Å². The van der Waals surface area contributed by atoms with E-state index in [1.54, 1.807) is 24.3 Å². The van der Waals surface area contributed by atoms with Crippen LogP contribution in [0.2, 0.25) is 10.0 Å². The first kappa shape index (κ1) is 13.6. The molecule has 0 spiro atoms. The van der Waals surface area contributed by atoms with E-state index in [-0.39, 0.29) is 11.5 Å². The maximum atomic E-state index is 12.1. The lowest BCUT2D eigenvalue weighted by Gasteiger charge is -2.09. The highest BCUT2D eigenvalue weighted by molar-refractivity contribution is 6.35. The van der Waals surface area contributed by atoms with Crippen LogP contribution in [0.5, 0.6) is 5.75 Å². The number of nitrogens with zero attached hydrogens (tertiary/aromatic N) is 1. The highest BCUT2D eigenvalue weighted by atomic mass is 35.5. The molecule has 4 nitrogen and oxygen atoms in total. The molecule has 0 aliphatic rings. The minimum atomic E-state index is -0.381. The summed E-state index contributed by atoms with van der Waals surface area (Å²) in [6, 6.07) is 6.52. The van der Waals surface area contributed by atoms with Gasteiger partial charge in [-0.15, -0.1) is 0 Å². The van der Waals surface area contributed by atoms with Gasteiger partial charge in [0, 0.05) is 18.5 Å². The minimum absolute atomic E-state index is 0.281. The van der Waals surface area contributed by atoms with Crippen LogP contribution in [0.15, 0.2) is 36.7 Å². The number of rotatable bonds is 3. The fraction of sp³-hybridized carbons (Fsp3) is 0.0769. The van der Waals surface area contributed by atoms with Gasteiger partial charge in [0.05, 0.1) is 28.4 Å². The number of ether oxygens (including phenoxy) is 1. The Balaban J connectivity index is 2.26. The molecule has 0 bridgehead atoms. The topological polar surface area (TPSA) is 51.2 Å². The van der Waals surface area contributed by atoms with Crippen LogP contribution in [0, 0.1) is 0 Å². The van der Waals surface area contributed by atoms with Gasteiger partial charge in [0.2, 0.25) is 0 Å². The number of nitrogens with one attached hydrogen (secondary N) is 1. The van der Waals surface area contributed by atoms with E-state index in [0.29, 0.717) is 21.5 Å². The molecular weight excluding hydrogens is 287 g/mol. The second-order valence-corrected chi connectivity index (χ2v) is 4.47. The van der Waals surface area contributed by atoms with Crippen molar-refractivity contribution in [1.29, 1.82) is 0 Å². The number of pyridine rings is 1. The number of carbonyl (C=O) groups excluding carboxylic acids is 1.